The van der Waals surface area contributed by atoms with Crippen LogP contribution in [0.4, 0.5) is 4.39 Å². The summed E-state index contributed by atoms with van der Waals surface area (Å²) in [6.07, 6.45) is 1.96. The number of nitrogens with one attached hydrogen (secondary N) is 1. The lowest BCUT2D eigenvalue weighted by Gasteiger charge is -2.37. The first kappa shape index (κ1) is 14.8. The average Bonchev–Trinajstić information content (AvgIpc) is 2.31. The van der Waals surface area contributed by atoms with Crippen molar-refractivity contribution in [1.82, 2.24) is 5.32 Å². The van der Waals surface area contributed by atoms with Crippen LogP contribution < -0.4 is 5.32 Å². The molecule has 0 radical (unpaired) electrons. The second-order valence-corrected chi connectivity index (χ2v) is 6.27. The molecule has 106 valence electrons. The van der Waals surface area contributed by atoms with Gasteiger partial charge in [-0.05, 0) is 51.3 Å². The predicted molar refractivity (Wildman–Crippen MR) is 76.0 cm³/mol. The quantitative estimate of drug-likeness (QED) is 0.903. The summed E-state index contributed by atoms with van der Waals surface area (Å²) in [5, 5.41) is 3.72. The molecule has 1 aliphatic rings. The molecule has 0 amide bonds. The van der Waals surface area contributed by atoms with Crippen molar-refractivity contribution in [2.24, 2.45) is 0 Å². The predicted octanol–water partition coefficient (Wildman–Crippen LogP) is 4.09. The smallest absolute Gasteiger partial charge is 0.142 e. The highest BCUT2D eigenvalue weighted by Gasteiger charge is 2.29. The lowest BCUT2D eigenvalue weighted by Crippen LogP contribution is -2.44. The summed E-state index contributed by atoms with van der Waals surface area (Å²) in [4.78, 5) is 0. The molecule has 2 unspecified atom stereocenters. The Morgan fingerprint density at radius 3 is 2.84 bits per heavy atom. The van der Waals surface area contributed by atoms with Gasteiger partial charge in [-0.3, -0.25) is 0 Å². The van der Waals surface area contributed by atoms with Gasteiger partial charge in [-0.2, -0.15) is 0 Å². The van der Waals surface area contributed by atoms with Crippen molar-refractivity contribution >= 4 is 11.6 Å². The molecule has 0 saturated carbocycles. The van der Waals surface area contributed by atoms with Gasteiger partial charge >= 0.3 is 0 Å². The van der Waals surface area contributed by atoms with Crippen LogP contribution in [0.3, 0.4) is 0 Å². The van der Waals surface area contributed by atoms with E-state index in [2.05, 4.69) is 19.2 Å². The van der Waals surface area contributed by atoms with Gasteiger partial charge in [-0.15, -0.1) is 0 Å². The molecule has 1 fully saturated rings. The third kappa shape index (κ3) is 3.91. The highest BCUT2D eigenvalue weighted by molar-refractivity contribution is 6.30. The van der Waals surface area contributed by atoms with E-state index in [1.807, 2.05) is 13.0 Å². The van der Waals surface area contributed by atoms with Crippen molar-refractivity contribution in [3.8, 4) is 0 Å². The van der Waals surface area contributed by atoms with Crippen LogP contribution in [0, 0.1) is 5.82 Å². The van der Waals surface area contributed by atoms with Gasteiger partial charge < -0.3 is 10.1 Å². The Hall–Kier alpha value is -0.640. The zero-order valence-electron chi connectivity index (χ0n) is 11.7. The Balaban J connectivity index is 2.00. The highest BCUT2D eigenvalue weighted by atomic mass is 35.5. The summed E-state index contributed by atoms with van der Waals surface area (Å²) in [5.74, 6) is -0.361. The number of rotatable bonds is 3. The molecule has 0 spiro atoms. The fraction of sp³-hybridized carbons (Fsp3) is 0.600. The lowest BCUT2D eigenvalue weighted by molar-refractivity contribution is -0.0640. The molecule has 2 atom stereocenters. The van der Waals surface area contributed by atoms with E-state index in [-0.39, 0.29) is 22.5 Å². The van der Waals surface area contributed by atoms with Gasteiger partial charge in [0.15, 0.2) is 0 Å². The Bertz CT molecular complexity index is 450. The number of halogens is 2. The van der Waals surface area contributed by atoms with Crippen molar-refractivity contribution in [2.75, 3.05) is 6.61 Å². The molecule has 1 aromatic rings. The van der Waals surface area contributed by atoms with Gasteiger partial charge in [-0.1, -0.05) is 17.7 Å². The van der Waals surface area contributed by atoms with E-state index >= 15 is 0 Å². The van der Waals surface area contributed by atoms with Crippen LogP contribution >= 0.6 is 11.6 Å². The minimum absolute atomic E-state index is 0.0825. The number of hydrogen-bond acceptors (Lipinski definition) is 2. The average molecular weight is 286 g/mol. The van der Waals surface area contributed by atoms with Gasteiger partial charge in [0.25, 0.3) is 0 Å². The van der Waals surface area contributed by atoms with Crippen LogP contribution in [-0.4, -0.2) is 18.2 Å². The standard InChI is InChI=1S/C15H21ClFNO/c1-10(11-4-5-13(16)14(17)8-11)18-12-6-7-19-15(2,3)9-12/h4-5,8,10,12,18H,6-7,9H2,1-3H3. The van der Waals surface area contributed by atoms with E-state index in [0.29, 0.717) is 6.04 Å². The van der Waals surface area contributed by atoms with Gasteiger partial charge in [0.1, 0.15) is 5.82 Å². The first-order valence-electron chi connectivity index (χ1n) is 6.72. The Morgan fingerprint density at radius 2 is 2.21 bits per heavy atom. The maximum Gasteiger partial charge on any atom is 0.142 e. The molecule has 0 aromatic heterocycles. The molecule has 1 aromatic carbocycles. The van der Waals surface area contributed by atoms with E-state index < -0.39 is 0 Å². The summed E-state index contributed by atoms with van der Waals surface area (Å²) in [5.41, 5.74) is 0.840. The van der Waals surface area contributed by atoms with Crippen molar-refractivity contribution < 1.29 is 9.13 Å². The highest BCUT2D eigenvalue weighted by Crippen LogP contribution is 2.26. The largest absolute Gasteiger partial charge is 0.375 e. The number of ether oxygens (including phenoxy) is 1. The van der Waals surface area contributed by atoms with Crippen molar-refractivity contribution in [3.63, 3.8) is 0 Å². The summed E-state index contributed by atoms with van der Waals surface area (Å²) < 4.78 is 19.2. The summed E-state index contributed by atoms with van der Waals surface area (Å²) >= 11 is 5.70. The van der Waals surface area contributed by atoms with Crippen LogP contribution in [0.25, 0.3) is 0 Å². The number of hydrogen-bond donors (Lipinski definition) is 1. The van der Waals surface area contributed by atoms with Crippen molar-refractivity contribution in [1.29, 1.82) is 0 Å². The van der Waals surface area contributed by atoms with Gasteiger partial charge in [0.2, 0.25) is 0 Å². The van der Waals surface area contributed by atoms with E-state index in [0.717, 1.165) is 25.0 Å². The summed E-state index contributed by atoms with van der Waals surface area (Å²) in [6.45, 7) is 7.03. The second kappa shape index (κ2) is 5.78. The van der Waals surface area contributed by atoms with Crippen LogP contribution in [-0.2, 0) is 4.74 Å². The van der Waals surface area contributed by atoms with E-state index in [9.17, 15) is 4.39 Å². The Kier molecular flexibility index (Phi) is 4.49. The maximum atomic E-state index is 13.5. The van der Waals surface area contributed by atoms with Crippen LogP contribution in [0.5, 0.6) is 0 Å². The molecule has 2 rings (SSSR count). The van der Waals surface area contributed by atoms with Crippen LogP contribution in [0.15, 0.2) is 18.2 Å². The molecule has 1 N–H and O–H groups in total. The van der Waals surface area contributed by atoms with Gasteiger partial charge in [0.05, 0.1) is 10.6 Å². The molecule has 1 heterocycles. The first-order chi connectivity index (χ1) is 8.87. The summed E-state index contributed by atoms with van der Waals surface area (Å²) in [6, 6.07) is 5.49. The zero-order chi connectivity index (χ0) is 14.0. The summed E-state index contributed by atoms with van der Waals surface area (Å²) in [7, 11) is 0. The van der Waals surface area contributed by atoms with E-state index in [1.165, 1.54) is 6.07 Å². The fourth-order valence-corrected chi connectivity index (χ4v) is 2.72. The van der Waals surface area contributed by atoms with Crippen molar-refractivity contribution in [2.45, 2.75) is 51.3 Å². The third-order valence-electron chi connectivity index (χ3n) is 3.63. The SMILES string of the molecule is CC(NC1CCOC(C)(C)C1)c1ccc(Cl)c(F)c1. The maximum absolute atomic E-state index is 13.5. The van der Waals surface area contributed by atoms with Crippen molar-refractivity contribution in [3.05, 3.63) is 34.6 Å². The van der Waals surface area contributed by atoms with E-state index in [4.69, 9.17) is 16.3 Å². The van der Waals surface area contributed by atoms with Gasteiger partial charge in [-0.25, -0.2) is 4.39 Å². The molecule has 19 heavy (non-hydrogen) atoms. The second-order valence-electron chi connectivity index (χ2n) is 5.86. The van der Waals surface area contributed by atoms with Crippen LogP contribution in [0.1, 0.15) is 45.2 Å². The number of benzene rings is 1. The normalized spacial score (nSPS) is 24.2. The molecular formula is C15H21ClFNO. The molecule has 0 aliphatic carbocycles. The molecule has 2 nitrogen and oxygen atoms in total. The fourth-order valence-electron chi connectivity index (χ4n) is 2.61. The van der Waals surface area contributed by atoms with Crippen LogP contribution in [0.2, 0.25) is 5.02 Å². The topological polar surface area (TPSA) is 21.3 Å². The molecular weight excluding hydrogens is 265 g/mol. The Morgan fingerprint density at radius 1 is 1.47 bits per heavy atom. The molecule has 0 bridgehead atoms. The molecule has 1 saturated heterocycles. The monoisotopic (exact) mass is 285 g/mol. The zero-order valence-corrected chi connectivity index (χ0v) is 12.4. The molecule has 4 heteroatoms. The van der Waals surface area contributed by atoms with Gasteiger partial charge in [0, 0.05) is 18.7 Å². The lowest BCUT2D eigenvalue weighted by atomic mass is 9.93. The van der Waals surface area contributed by atoms with E-state index in [1.54, 1.807) is 6.07 Å². The molecule has 1 aliphatic heterocycles. The minimum Gasteiger partial charge on any atom is -0.375 e. The third-order valence-corrected chi connectivity index (χ3v) is 3.93. The first-order valence-corrected chi connectivity index (χ1v) is 7.10. The minimum atomic E-state index is -0.361. The Labute approximate surface area is 119 Å².